The minimum Gasteiger partial charge on any atom is -0.465 e. The SMILES string of the molecule is COC(=O)c1ccccc1OS(=O)(=O)c1cc(C(F)(F)F)ccc1Cl. The summed E-state index contributed by atoms with van der Waals surface area (Å²) >= 11 is 5.71. The number of hydrogen-bond donors (Lipinski definition) is 0. The lowest BCUT2D eigenvalue weighted by atomic mass is 10.2. The van der Waals surface area contributed by atoms with Gasteiger partial charge in [0.25, 0.3) is 0 Å². The normalized spacial score (nSPS) is 11.9. The zero-order chi connectivity index (χ0) is 18.8. The maximum Gasteiger partial charge on any atom is 0.416 e. The largest absolute Gasteiger partial charge is 0.465 e. The molecule has 5 nitrogen and oxygen atoms in total. The summed E-state index contributed by atoms with van der Waals surface area (Å²) in [5, 5.41) is -0.455. The van der Waals surface area contributed by atoms with E-state index in [1.165, 1.54) is 18.2 Å². The van der Waals surface area contributed by atoms with Gasteiger partial charge in [-0.25, -0.2) is 4.79 Å². The average Bonchev–Trinajstić information content (AvgIpc) is 2.53. The van der Waals surface area contributed by atoms with Crippen LogP contribution in [0.4, 0.5) is 13.2 Å². The number of hydrogen-bond acceptors (Lipinski definition) is 5. The van der Waals surface area contributed by atoms with E-state index in [9.17, 15) is 26.4 Å². The smallest absolute Gasteiger partial charge is 0.416 e. The summed E-state index contributed by atoms with van der Waals surface area (Å²) in [5.41, 5.74) is -1.42. The quantitative estimate of drug-likeness (QED) is 0.581. The molecule has 0 heterocycles. The van der Waals surface area contributed by atoms with Gasteiger partial charge in [-0.05, 0) is 30.3 Å². The molecule has 0 radical (unpaired) electrons. The number of methoxy groups -OCH3 is 1. The summed E-state index contributed by atoms with van der Waals surface area (Å²) in [4.78, 5) is 10.8. The van der Waals surface area contributed by atoms with Gasteiger partial charge in [-0.1, -0.05) is 23.7 Å². The van der Waals surface area contributed by atoms with Crippen molar-refractivity contribution in [1.82, 2.24) is 0 Å². The van der Waals surface area contributed by atoms with Crippen LogP contribution in [0.1, 0.15) is 15.9 Å². The van der Waals surface area contributed by atoms with Gasteiger partial charge < -0.3 is 8.92 Å². The molecular formula is C15H10ClF3O5S. The van der Waals surface area contributed by atoms with Crippen LogP contribution in [0.15, 0.2) is 47.4 Å². The molecule has 0 atom stereocenters. The summed E-state index contributed by atoms with van der Waals surface area (Å²) in [6.07, 6.45) is -4.77. The van der Waals surface area contributed by atoms with Gasteiger partial charge in [0.2, 0.25) is 0 Å². The van der Waals surface area contributed by atoms with Crippen LogP contribution in [0.5, 0.6) is 5.75 Å². The first-order valence-corrected chi connectivity index (χ1v) is 8.33. The van der Waals surface area contributed by atoms with E-state index >= 15 is 0 Å². The number of alkyl halides is 3. The molecule has 2 aromatic carbocycles. The Hall–Kier alpha value is -2.26. The molecule has 0 saturated heterocycles. The zero-order valence-corrected chi connectivity index (χ0v) is 14.1. The molecule has 0 aliphatic heterocycles. The molecule has 10 heteroatoms. The minimum absolute atomic E-state index is 0.211. The first-order valence-electron chi connectivity index (χ1n) is 6.55. The van der Waals surface area contributed by atoms with Crippen molar-refractivity contribution >= 4 is 27.7 Å². The van der Waals surface area contributed by atoms with Crippen LogP contribution >= 0.6 is 11.6 Å². The van der Waals surface area contributed by atoms with Gasteiger partial charge in [0, 0.05) is 0 Å². The Morgan fingerprint density at radius 3 is 2.36 bits per heavy atom. The van der Waals surface area contributed by atoms with Crippen LogP contribution < -0.4 is 4.18 Å². The predicted molar refractivity (Wildman–Crippen MR) is 82.0 cm³/mol. The molecule has 2 rings (SSSR count). The van der Waals surface area contributed by atoms with Crippen LogP contribution in [0.2, 0.25) is 5.02 Å². The van der Waals surface area contributed by atoms with E-state index in [2.05, 4.69) is 4.74 Å². The van der Waals surface area contributed by atoms with Gasteiger partial charge >= 0.3 is 22.3 Å². The van der Waals surface area contributed by atoms with Gasteiger partial charge in [-0.3, -0.25) is 0 Å². The molecule has 0 aliphatic carbocycles. The fraction of sp³-hybridized carbons (Fsp3) is 0.133. The van der Waals surface area contributed by atoms with Crippen LogP contribution in [0, 0.1) is 0 Å². The number of para-hydroxylation sites is 1. The Labute approximate surface area is 146 Å². The third-order valence-electron chi connectivity index (χ3n) is 3.02. The first-order chi connectivity index (χ1) is 11.6. The Bertz CT molecular complexity index is 910. The van der Waals surface area contributed by atoms with Crippen molar-refractivity contribution in [2.45, 2.75) is 11.1 Å². The van der Waals surface area contributed by atoms with Crippen molar-refractivity contribution < 1.29 is 35.3 Å². The molecule has 0 amide bonds. The maximum atomic E-state index is 12.8. The second-order valence-electron chi connectivity index (χ2n) is 4.67. The van der Waals surface area contributed by atoms with Gasteiger partial charge in [-0.15, -0.1) is 0 Å². The van der Waals surface area contributed by atoms with Crippen molar-refractivity contribution in [2.24, 2.45) is 0 Å². The molecule has 0 bridgehead atoms. The van der Waals surface area contributed by atoms with Crippen molar-refractivity contribution in [3.8, 4) is 5.75 Å². The number of carbonyl (C=O) groups excluding carboxylic acids is 1. The second-order valence-corrected chi connectivity index (χ2v) is 6.59. The third-order valence-corrected chi connectivity index (χ3v) is 4.74. The number of halogens is 4. The molecule has 2 aromatic rings. The minimum atomic E-state index is -4.77. The van der Waals surface area contributed by atoms with E-state index in [0.717, 1.165) is 19.2 Å². The van der Waals surface area contributed by atoms with E-state index in [4.69, 9.17) is 15.8 Å². The van der Waals surface area contributed by atoms with Crippen molar-refractivity contribution in [2.75, 3.05) is 7.11 Å². The summed E-state index contributed by atoms with van der Waals surface area (Å²) in [5.74, 6) is -1.27. The predicted octanol–water partition coefficient (Wildman–Crippen LogP) is 3.91. The van der Waals surface area contributed by atoms with E-state index in [1.807, 2.05) is 0 Å². The van der Waals surface area contributed by atoms with Crippen molar-refractivity contribution in [3.05, 3.63) is 58.6 Å². The van der Waals surface area contributed by atoms with Crippen LogP contribution in [-0.2, 0) is 21.0 Å². The summed E-state index contributed by atoms with van der Waals surface area (Å²) in [6, 6.07) is 7.01. The van der Waals surface area contributed by atoms with Crippen molar-refractivity contribution in [3.63, 3.8) is 0 Å². The molecule has 0 fully saturated rings. The van der Waals surface area contributed by atoms with Crippen LogP contribution in [-0.4, -0.2) is 21.5 Å². The molecule has 0 spiro atoms. The van der Waals surface area contributed by atoms with Gasteiger partial charge in [0.1, 0.15) is 10.5 Å². The summed E-state index contributed by atoms with van der Waals surface area (Å²) < 4.78 is 72.4. The fourth-order valence-corrected chi connectivity index (χ4v) is 3.30. The molecule has 0 unspecified atom stereocenters. The second kappa shape index (κ2) is 6.93. The third kappa shape index (κ3) is 4.23. The average molecular weight is 395 g/mol. The molecular weight excluding hydrogens is 385 g/mol. The topological polar surface area (TPSA) is 69.7 Å². The van der Waals surface area contributed by atoms with Gasteiger partial charge in [-0.2, -0.15) is 21.6 Å². The first kappa shape index (κ1) is 19.1. The highest BCUT2D eigenvalue weighted by Crippen LogP contribution is 2.34. The van der Waals surface area contributed by atoms with Crippen LogP contribution in [0.3, 0.4) is 0 Å². The Kier molecular flexibility index (Phi) is 5.28. The molecule has 0 aliphatic rings. The molecule has 0 saturated carbocycles. The molecule has 0 aromatic heterocycles. The lowest BCUT2D eigenvalue weighted by Crippen LogP contribution is -2.15. The van der Waals surface area contributed by atoms with E-state index in [1.54, 1.807) is 0 Å². The molecule has 25 heavy (non-hydrogen) atoms. The van der Waals surface area contributed by atoms with E-state index in [-0.39, 0.29) is 5.56 Å². The number of ether oxygens (including phenoxy) is 1. The monoisotopic (exact) mass is 394 g/mol. The molecule has 0 N–H and O–H groups in total. The number of esters is 1. The lowest BCUT2D eigenvalue weighted by Gasteiger charge is -2.13. The summed E-state index contributed by atoms with van der Waals surface area (Å²) in [6.45, 7) is 0. The van der Waals surface area contributed by atoms with E-state index < -0.39 is 43.5 Å². The summed E-state index contributed by atoms with van der Waals surface area (Å²) in [7, 11) is -3.65. The van der Waals surface area contributed by atoms with Gasteiger partial charge in [0.15, 0.2) is 5.75 Å². The van der Waals surface area contributed by atoms with Crippen molar-refractivity contribution in [1.29, 1.82) is 0 Å². The number of carbonyl (C=O) groups is 1. The Morgan fingerprint density at radius 1 is 1.12 bits per heavy atom. The highest BCUT2D eigenvalue weighted by Gasteiger charge is 2.33. The number of rotatable bonds is 4. The fourth-order valence-electron chi connectivity index (χ4n) is 1.85. The zero-order valence-electron chi connectivity index (χ0n) is 12.5. The number of benzene rings is 2. The maximum absolute atomic E-state index is 12.8. The van der Waals surface area contributed by atoms with E-state index in [0.29, 0.717) is 12.1 Å². The lowest BCUT2D eigenvalue weighted by molar-refractivity contribution is -0.137. The molecule has 134 valence electrons. The standard InChI is InChI=1S/C15H10ClF3O5S/c1-23-14(20)10-4-2-3-5-12(10)24-25(21,22)13-8-9(15(17,18)19)6-7-11(13)16/h2-8H,1H3. The Morgan fingerprint density at radius 2 is 1.76 bits per heavy atom. The highest BCUT2D eigenvalue weighted by molar-refractivity contribution is 7.87. The Balaban J connectivity index is 2.50. The highest BCUT2D eigenvalue weighted by atomic mass is 35.5. The van der Waals surface area contributed by atoms with Gasteiger partial charge in [0.05, 0.1) is 17.7 Å². The van der Waals surface area contributed by atoms with Crippen LogP contribution in [0.25, 0.3) is 0 Å².